The molecule has 1 fully saturated rings. The van der Waals surface area contributed by atoms with Crippen LogP contribution in [0.3, 0.4) is 0 Å². The molecule has 2 heterocycles. The largest absolute Gasteiger partial charge is 0.484 e. The van der Waals surface area contributed by atoms with Crippen LogP contribution in [0.5, 0.6) is 5.75 Å². The second-order valence-corrected chi connectivity index (χ2v) is 6.43. The third-order valence-corrected chi connectivity index (χ3v) is 3.27. The number of halogens is 1. The van der Waals surface area contributed by atoms with Crippen molar-refractivity contribution in [1.29, 1.82) is 0 Å². The first-order chi connectivity index (χ1) is 11.2. The molecule has 1 aliphatic rings. The van der Waals surface area contributed by atoms with E-state index in [9.17, 15) is 14.0 Å². The summed E-state index contributed by atoms with van der Waals surface area (Å²) in [5, 5.41) is 0. The fourth-order valence-electron chi connectivity index (χ4n) is 2.17. The maximum atomic E-state index is 14.1. The highest BCUT2D eigenvalue weighted by molar-refractivity contribution is 5.87. The Morgan fingerprint density at radius 2 is 2.00 bits per heavy atom. The third kappa shape index (κ3) is 4.56. The van der Waals surface area contributed by atoms with Gasteiger partial charge in [0.15, 0.2) is 6.17 Å². The van der Waals surface area contributed by atoms with Gasteiger partial charge in [-0.15, -0.1) is 0 Å². The zero-order valence-electron chi connectivity index (χ0n) is 14.1. The lowest BCUT2D eigenvalue weighted by atomic mass is 10.2. The van der Waals surface area contributed by atoms with Crippen molar-refractivity contribution in [2.45, 2.75) is 38.6 Å². The lowest BCUT2D eigenvalue weighted by Gasteiger charge is -2.24. The molecule has 7 nitrogen and oxygen atoms in total. The van der Waals surface area contributed by atoms with Crippen LogP contribution >= 0.6 is 0 Å². The molecule has 1 saturated heterocycles. The molecule has 0 spiro atoms. The molecule has 24 heavy (non-hydrogen) atoms. The van der Waals surface area contributed by atoms with Crippen molar-refractivity contribution in [2.75, 3.05) is 20.2 Å². The Hall–Kier alpha value is -2.38. The van der Waals surface area contributed by atoms with Gasteiger partial charge in [-0.3, -0.25) is 0 Å². The number of likely N-dealkylation sites (tertiary alicyclic amines) is 1. The molecular weight excluding hydrogens is 319 g/mol. The van der Waals surface area contributed by atoms with Crippen LogP contribution in [0.25, 0.3) is 0 Å². The zero-order valence-corrected chi connectivity index (χ0v) is 14.1. The molecule has 0 radical (unpaired) electrons. The van der Waals surface area contributed by atoms with Crippen LogP contribution in [0.2, 0.25) is 0 Å². The topological polar surface area (TPSA) is 78.0 Å². The van der Waals surface area contributed by atoms with Gasteiger partial charge in [-0.05, 0) is 32.9 Å². The number of amides is 1. The number of rotatable bonds is 3. The molecule has 1 aliphatic heterocycles. The van der Waals surface area contributed by atoms with Crippen LogP contribution in [0.4, 0.5) is 9.18 Å². The summed E-state index contributed by atoms with van der Waals surface area (Å²) in [4.78, 5) is 28.5. The van der Waals surface area contributed by atoms with E-state index in [1.54, 1.807) is 20.8 Å². The summed E-state index contributed by atoms with van der Waals surface area (Å²) in [6, 6.07) is 2.93. The monoisotopic (exact) mass is 340 g/mol. The SMILES string of the molecule is COC(=O)c1ccc(O[C@@H]2CN(C(=O)OC(C)(C)C)C[C@@H]2F)cn1. The molecular formula is C16H21FN2O5. The summed E-state index contributed by atoms with van der Waals surface area (Å²) < 4.78 is 29.4. The predicted molar refractivity (Wildman–Crippen MR) is 82.7 cm³/mol. The van der Waals surface area contributed by atoms with Gasteiger partial charge in [-0.1, -0.05) is 0 Å². The zero-order chi connectivity index (χ0) is 17.9. The van der Waals surface area contributed by atoms with Gasteiger partial charge in [0.05, 0.1) is 26.4 Å². The molecule has 0 saturated carbocycles. The van der Waals surface area contributed by atoms with Gasteiger partial charge in [0.2, 0.25) is 0 Å². The number of hydrogen-bond acceptors (Lipinski definition) is 6. The van der Waals surface area contributed by atoms with Gasteiger partial charge in [-0.25, -0.2) is 19.0 Å². The minimum absolute atomic E-state index is 0.0782. The van der Waals surface area contributed by atoms with E-state index in [0.29, 0.717) is 5.75 Å². The average molecular weight is 340 g/mol. The van der Waals surface area contributed by atoms with E-state index in [-0.39, 0.29) is 18.8 Å². The highest BCUT2D eigenvalue weighted by Crippen LogP contribution is 2.22. The van der Waals surface area contributed by atoms with Gasteiger partial charge >= 0.3 is 12.1 Å². The molecule has 1 aromatic heterocycles. The van der Waals surface area contributed by atoms with Gasteiger partial charge in [0.25, 0.3) is 0 Å². The molecule has 0 aliphatic carbocycles. The molecule has 132 valence electrons. The van der Waals surface area contributed by atoms with Gasteiger partial charge in [0.1, 0.15) is 23.1 Å². The van der Waals surface area contributed by atoms with Crippen molar-refractivity contribution in [3.8, 4) is 5.75 Å². The Kier molecular flexibility index (Phi) is 5.26. The van der Waals surface area contributed by atoms with Gasteiger partial charge < -0.3 is 19.1 Å². The number of methoxy groups -OCH3 is 1. The summed E-state index contributed by atoms with van der Waals surface area (Å²) in [5.74, 6) is -0.261. The van der Waals surface area contributed by atoms with Crippen LogP contribution in [0, 0.1) is 0 Å². The number of pyridine rings is 1. The average Bonchev–Trinajstić information content (AvgIpc) is 2.87. The van der Waals surface area contributed by atoms with Crippen LogP contribution in [-0.4, -0.2) is 60.0 Å². The van der Waals surface area contributed by atoms with Crippen molar-refractivity contribution in [3.63, 3.8) is 0 Å². The molecule has 0 N–H and O–H groups in total. The molecule has 1 aromatic rings. The van der Waals surface area contributed by atoms with E-state index in [0.717, 1.165) is 0 Å². The smallest absolute Gasteiger partial charge is 0.410 e. The van der Waals surface area contributed by atoms with E-state index in [1.807, 2.05) is 0 Å². The first-order valence-corrected chi connectivity index (χ1v) is 7.52. The van der Waals surface area contributed by atoms with Crippen molar-refractivity contribution < 1.29 is 28.2 Å². The Morgan fingerprint density at radius 1 is 1.29 bits per heavy atom. The standard InChI is InChI=1S/C16H21FN2O5/c1-16(2,3)24-15(21)19-8-11(17)13(9-19)23-10-5-6-12(18-7-10)14(20)22-4/h5-7,11,13H,8-9H2,1-4H3/t11-,13+/m0/s1. The number of aromatic nitrogens is 1. The highest BCUT2D eigenvalue weighted by Gasteiger charge is 2.39. The molecule has 8 heteroatoms. The summed E-state index contributed by atoms with van der Waals surface area (Å²) in [7, 11) is 1.26. The Labute approximate surface area is 139 Å². The minimum atomic E-state index is -1.34. The van der Waals surface area contributed by atoms with Crippen molar-refractivity contribution in [2.24, 2.45) is 0 Å². The van der Waals surface area contributed by atoms with Gasteiger partial charge in [0, 0.05) is 0 Å². The van der Waals surface area contributed by atoms with E-state index in [1.165, 1.54) is 30.3 Å². The van der Waals surface area contributed by atoms with E-state index >= 15 is 0 Å². The van der Waals surface area contributed by atoms with E-state index < -0.39 is 29.9 Å². The Bertz CT molecular complexity index is 599. The summed E-state index contributed by atoms with van der Waals surface area (Å²) in [6.45, 7) is 5.23. The minimum Gasteiger partial charge on any atom is -0.484 e. The fraction of sp³-hybridized carbons (Fsp3) is 0.562. The summed E-state index contributed by atoms with van der Waals surface area (Å²) in [6.07, 6.45) is -1.41. The van der Waals surface area contributed by atoms with Gasteiger partial charge in [-0.2, -0.15) is 0 Å². The molecule has 2 atom stereocenters. The number of carbonyl (C=O) groups excluding carboxylic acids is 2. The van der Waals surface area contributed by atoms with Crippen molar-refractivity contribution >= 4 is 12.1 Å². The van der Waals surface area contributed by atoms with E-state index in [2.05, 4.69) is 9.72 Å². The quantitative estimate of drug-likeness (QED) is 0.785. The molecule has 0 unspecified atom stereocenters. The maximum Gasteiger partial charge on any atom is 0.410 e. The lowest BCUT2D eigenvalue weighted by molar-refractivity contribution is 0.0273. The second-order valence-electron chi connectivity index (χ2n) is 6.43. The molecule has 2 rings (SSSR count). The normalized spacial score (nSPS) is 20.6. The van der Waals surface area contributed by atoms with Crippen molar-refractivity contribution in [3.05, 3.63) is 24.0 Å². The first kappa shape index (κ1) is 18.0. The maximum absolute atomic E-state index is 14.1. The van der Waals surface area contributed by atoms with Crippen LogP contribution in [-0.2, 0) is 9.47 Å². The van der Waals surface area contributed by atoms with Crippen LogP contribution < -0.4 is 4.74 Å². The third-order valence-electron chi connectivity index (χ3n) is 3.27. The molecule has 0 bridgehead atoms. The Morgan fingerprint density at radius 3 is 2.54 bits per heavy atom. The predicted octanol–water partition coefficient (Wildman–Crippen LogP) is 2.20. The number of esters is 1. The first-order valence-electron chi connectivity index (χ1n) is 7.52. The molecule has 0 aromatic carbocycles. The van der Waals surface area contributed by atoms with Crippen LogP contribution in [0.1, 0.15) is 31.3 Å². The number of alkyl halides is 1. The number of carbonyl (C=O) groups is 2. The fourth-order valence-corrected chi connectivity index (χ4v) is 2.17. The van der Waals surface area contributed by atoms with Crippen molar-refractivity contribution in [1.82, 2.24) is 9.88 Å². The summed E-state index contributed by atoms with van der Waals surface area (Å²) in [5.41, 5.74) is -0.515. The second kappa shape index (κ2) is 7.02. The van der Waals surface area contributed by atoms with E-state index in [4.69, 9.17) is 9.47 Å². The number of hydrogen-bond donors (Lipinski definition) is 0. The lowest BCUT2D eigenvalue weighted by Crippen LogP contribution is -2.36. The number of ether oxygens (including phenoxy) is 3. The summed E-state index contributed by atoms with van der Waals surface area (Å²) >= 11 is 0. The Balaban J connectivity index is 1.96. The molecule has 1 amide bonds. The highest BCUT2D eigenvalue weighted by atomic mass is 19.1. The van der Waals surface area contributed by atoms with Crippen LogP contribution in [0.15, 0.2) is 18.3 Å². The number of nitrogens with zero attached hydrogens (tertiary/aromatic N) is 2.